The van der Waals surface area contributed by atoms with E-state index in [-0.39, 0.29) is 17.7 Å². The Kier molecular flexibility index (Phi) is 5.08. The van der Waals surface area contributed by atoms with Gasteiger partial charge in [-0.1, -0.05) is 12.1 Å². The van der Waals surface area contributed by atoms with Gasteiger partial charge in [0.05, 0.1) is 12.5 Å². The predicted octanol–water partition coefficient (Wildman–Crippen LogP) is 1.82. The first-order valence-corrected chi connectivity index (χ1v) is 7.91. The molecule has 1 aliphatic heterocycles. The lowest BCUT2D eigenvalue weighted by Gasteiger charge is -2.36. The van der Waals surface area contributed by atoms with Gasteiger partial charge in [-0.15, -0.1) is 0 Å². The van der Waals surface area contributed by atoms with Gasteiger partial charge in [0.15, 0.2) is 0 Å². The lowest BCUT2D eigenvalue weighted by Crippen LogP contribution is -2.49. The van der Waals surface area contributed by atoms with Crippen molar-refractivity contribution in [2.24, 2.45) is 0 Å². The molecule has 25 heavy (non-hydrogen) atoms. The second-order valence-electron chi connectivity index (χ2n) is 5.70. The van der Waals surface area contributed by atoms with Crippen LogP contribution in [-0.4, -0.2) is 36.2 Å². The molecule has 0 aliphatic carbocycles. The van der Waals surface area contributed by atoms with E-state index in [1.165, 1.54) is 25.4 Å². The zero-order chi connectivity index (χ0) is 17.7. The zero-order valence-electron chi connectivity index (χ0n) is 13.8. The number of anilines is 1. The number of amides is 1. The molecular formula is C17H19FN4O3. The lowest BCUT2D eigenvalue weighted by molar-refractivity contribution is -0.130. The third kappa shape index (κ3) is 3.69. The number of carbonyl (C=O) groups is 1. The van der Waals surface area contributed by atoms with Crippen LogP contribution in [0, 0.1) is 5.82 Å². The average Bonchev–Trinajstić information content (AvgIpc) is 2.67. The van der Waals surface area contributed by atoms with Crippen molar-refractivity contribution in [1.82, 2.24) is 15.4 Å². The van der Waals surface area contributed by atoms with Crippen molar-refractivity contribution in [3.05, 3.63) is 47.9 Å². The first kappa shape index (κ1) is 17.1. The highest BCUT2D eigenvalue weighted by Gasteiger charge is 2.41. The fraction of sp³-hybridized carbons (Fsp3) is 0.353. The van der Waals surface area contributed by atoms with Gasteiger partial charge < -0.3 is 9.47 Å². The number of halogens is 1. The molecular weight excluding hydrogens is 327 g/mol. The second-order valence-corrected chi connectivity index (χ2v) is 5.70. The summed E-state index contributed by atoms with van der Waals surface area (Å²) in [5.41, 5.74) is 5.32. The number of hydrazine groups is 1. The van der Waals surface area contributed by atoms with Crippen molar-refractivity contribution in [1.29, 1.82) is 0 Å². The Labute approximate surface area is 144 Å². The minimum atomic E-state index is -0.794. The molecule has 2 heterocycles. The SMILES string of the molecule is COc1ccnc(NNC(=O)C2(c3ccc(F)cc3)CCOCC2)n1. The molecule has 8 heteroatoms. The van der Waals surface area contributed by atoms with Crippen molar-refractivity contribution >= 4 is 11.9 Å². The third-order valence-electron chi connectivity index (χ3n) is 4.30. The molecule has 2 N–H and O–H groups in total. The first-order chi connectivity index (χ1) is 12.1. The van der Waals surface area contributed by atoms with Gasteiger partial charge in [0.1, 0.15) is 5.82 Å². The first-order valence-electron chi connectivity index (χ1n) is 7.91. The van der Waals surface area contributed by atoms with Gasteiger partial charge in [0.25, 0.3) is 0 Å². The highest BCUT2D eigenvalue weighted by molar-refractivity contribution is 5.89. The van der Waals surface area contributed by atoms with Gasteiger partial charge in [-0.3, -0.25) is 15.6 Å². The summed E-state index contributed by atoms with van der Waals surface area (Å²) in [6.07, 6.45) is 2.53. The summed E-state index contributed by atoms with van der Waals surface area (Å²) in [7, 11) is 1.50. The highest BCUT2D eigenvalue weighted by atomic mass is 19.1. The number of methoxy groups -OCH3 is 1. The molecule has 1 amide bonds. The van der Waals surface area contributed by atoms with E-state index in [0.29, 0.717) is 31.9 Å². The van der Waals surface area contributed by atoms with Gasteiger partial charge in [-0.25, -0.2) is 9.37 Å². The summed E-state index contributed by atoms with van der Waals surface area (Å²) >= 11 is 0. The van der Waals surface area contributed by atoms with Crippen LogP contribution >= 0.6 is 0 Å². The molecule has 2 aromatic rings. The molecule has 1 fully saturated rings. The Morgan fingerprint density at radius 2 is 1.96 bits per heavy atom. The lowest BCUT2D eigenvalue weighted by atomic mass is 9.73. The molecule has 1 saturated heterocycles. The standard InChI is InChI=1S/C17H19FN4O3/c1-24-14-6-9-19-16(20-14)22-21-15(23)17(7-10-25-11-8-17)12-2-4-13(18)5-3-12/h2-6,9H,7-8,10-11H2,1H3,(H,21,23)(H,19,20,22). The van der Waals surface area contributed by atoms with Gasteiger partial charge in [0.2, 0.25) is 17.7 Å². The molecule has 0 bridgehead atoms. The summed E-state index contributed by atoms with van der Waals surface area (Å²) in [6, 6.07) is 7.60. The summed E-state index contributed by atoms with van der Waals surface area (Å²) < 4.78 is 23.7. The average molecular weight is 346 g/mol. The number of hydrogen-bond acceptors (Lipinski definition) is 6. The van der Waals surface area contributed by atoms with E-state index in [4.69, 9.17) is 9.47 Å². The van der Waals surface area contributed by atoms with Crippen LogP contribution in [0.2, 0.25) is 0 Å². The minimum absolute atomic E-state index is 0.217. The van der Waals surface area contributed by atoms with Gasteiger partial charge in [0, 0.05) is 25.5 Å². The molecule has 1 aliphatic rings. The van der Waals surface area contributed by atoms with E-state index in [0.717, 1.165) is 5.56 Å². The van der Waals surface area contributed by atoms with E-state index < -0.39 is 5.41 Å². The maximum absolute atomic E-state index is 13.3. The van der Waals surface area contributed by atoms with E-state index in [2.05, 4.69) is 20.8 Å². The molecule has 0 radical (unpaired) electrons. The molecule has 1 aromatic heterocycles. The maximum atomic E-state index is 13.3. The Balaban J connectivity index is 1.78. The third-order valence-corrected chi connectivity index (χ3v) is 4.30. The number of aromatic nitrogens is 2. The number of carbonyl (C=O) groups excluding carboxylic acids is 1. The minimum Gasteiger partial charge on any atom is -0.481 e. The molecule has 0 atom stereocenters. The number of ether oxygens (including phenoxy) is 2. The van der Waals surface area contributed by atoms with Crippen LogP contribution in [0.3, 0.4) is 0 Å². The van der Waals surface area contributed by atoms with Crippen LogP contribution in [0.15, 0.2) is 36.5 Å². The number of nitrogens with one attached hydrogen (secondary N) is 2. The predicted molar refractivity (Wildman–Crippen MR) is 88.5 cm³/mol. The van der Waals surface area contributed by atoms with Crippen LogP contribution in [0.5, 0.6) is 5.88 Å². The summed E-state index contributed by atoms with van der Waals surface area (Å²) in [4.78, 5) is 21.0. The van der Waals surface area contributed by atoms with E-state index in [1.807, 2.05) is 0 Å². The monoisotopic (exact) mass is 346 g/mol. The largest absolute Gasteiger partial charge is 0.481 e. The molecule has 132 valence electrons. The summed E-state index contributed by atoms with van der Waals surface area (Å²) in [5.74, 6) is 0.0168. The number of hydrogen-bond donors (Lipinski definition) is 2. The molecule has 0 spiro atoms. The van der Waals surface area contributed by atoms with Crippen molar-refractivity contribution in [3.63, 3.8) is 0 Å². The number of nitrogens with zero attached hydrogens (tertiary/aromatic N) is 2. The molecule has 1 aromatic carbocycles. The Hall–Kier alpha value is -2.74. The smallest absolute Gasteiger partial charge is 0.249 e. The van der Waals surface area contributed by atoms with Crippen LogP contribution in [0.25, 0.3) is 0 Å². The fourth-order valence-electron chi connectivity index (χ4n) is 2.88. The normalized spacial score (nSPS) is 16.1. The van der Waals surface area contributed by atoms with Crippen LogP contribution in [0.4, 0.5) is 10.3 Å². The second kappa shape index (κ2) is 7.43. The van der Waals surface area contributed by atoms with Crippen LogP contribution in [-0.2, 0) is 14.9 Å². The van der Waals surface area contributed by atoms with Crippen molar-refractivity contribution in [3.8, 4) is 5.88 Å². The highest BCUT2D eigenvalue weighted by Crippen LogP contribution is 2.35. The number of benzene rings is 1. The van der Waals surface area contributed by atoms with Crippen molar-refractivity contribution in [2.75, 3.05) is 25.7 Å². The summed E-state index contributed by atoms with van der Waals surface area (Å²) in [6.45, 7) is 0.918. The van der Waals surface area contributed by atoms with Crippen LogP contribution < -0.4 is 15.6 Å². The van der Waals surface area contributed by atoms with Crippen molar-refractivity contribution < 1.29 is 18.7 Å². The molecule has 7 nitrogen and oxygen atoms in total. The summed E-state index contributed by atoms with van der Waals surface area (Å²) in [5, 5.41) is 0. The molecule has 0 unspecified atom stereocenters. The number of rotatable bonds is 5. The topological polar surface area (TPSA) is 85.4 Å². The molecule has 3 rings (SSSR count). The maximum Gasteiger partial charge on any atom is 0.249 e. The van der Waals surface area contributed by atoms with Gasteiger partial charge in [-0.05, 0) is 30.5 Å². The van der Waals surface area contributed by atoms with E-state index in [1.54, 1.807) is 18.2 Å². The van der Waals surface area contributed by atoms with Gasteiger partial charge >= 0.3 is 0 Å². The van der Waals surface area contributed by atoms with Crippen molar-refractivity contribution in [2.45, 2.75) is 18.3 Å². The zero-order valence-corrected chi connectivity index (χ0v) is 13.8. The molecule has 0 saturated carbocycles. The Morgan fingerprint density at radius 1 is 1.24 bits per heavy atom. The Bertz CT molecular complexity index is 733. The van der Waals surface area contributed by atoms with Crippen LogP contribution in [0.1, 0.15) is 18.4 Å². The van der Waals surface area contributed by atoms with Gasteiger partial charge in [-0.2, -0.15) is 4.98 Å². The quantitative estimate of drug-likeness (QED) is 0.803. The van der Waals surface area contributed by atoms with E-state index in [9.17, 15) is 9.18 Å². The Morgan fingerprint density at radius 3 is 2.64 bits per heavy atom. The van der Waals surface area contributed by atoms with E-state index >= 15 is 0 Å². The fourth-order valence-corrected chi connectivity index (χ4v) is 2.88.